The van der Waals surface area contributed by atoms with Crippen molar-refractivity contribution in [2.24, 2.45) is 0 Å². The number of nitrogens with zero attached hydrogens (tertiary/aromatic N) is 2. The van der Waals surface area contributed by atoms with E-state index in [-0.39, 0.29) is 23.8 Å². The molecule has 0 bridgehead atoms. The summed E-state index contributed by atoms with van der Waals surface area (Å²) in [5, 5.41) is 16.7. The van der Waals surface area contributed by atoms with E-state index in [0.717, 1.165) is 25.9 Å². The SMILES string of the molecule is CNC(=O)COc1cccc(NC(=O)c2ccc(N3CCCC3)c([N+](=O)[O-])c2)c1. The van der Waals surface area contributed by atoms with E-state index in [1.165, 1.54) is 13.1 Å². The van der Waals surface area contributed by atoms with E-state index in [4.69, 9.17) is 4.74 Å². The number of ether oxygens (including phenoxy) is 1. The maximum absolute atomic E-state index is 12.6. The molecule has 2 aromatic rings. The van der Waals surface area contributed by atoms with Gasteiger partial charge < -0.3 is 20.3 Å². The van der Waals surface area contributed by atoms with Gasteiger partial charge in [0.05, 0.1) is 4.92 Å². The van der Waals surface area contributed by atoms with Crippen LogP contribution >= 0.6 is 0 Å². The average molecular weight is 398 g/mol. The fourth-order valence-corrected chi connectivity index (χ4v) is 3.12. The quantitative estimate of drug-likeness (QED) is 0.547. The van der Waals surface area contributed by atoms with Crippen LogP contribution in [0.4, 0.5) is 17.1 Å². The Kier molecular flexibility index (Phi) is 6.28. The molecule has 3 rings (SSSR count). The summed E-state index contributed by atoms with van der Waals surface area (Å²) >= 11 is 0. The monoisotopic (exact) mass is 398 g/mol. The highest BCUT2D eigenvalue weighted by Gasteiger charge is 2.24. The predicted octanol–water partition coefficient (Wildman–Crippen LogP) is 2.57. The molecule has 152 valence electrons. The van der Waals surface area contributed by atoms with Crippen molar-refractivity contribution in [2.45, 2.75) is 12.8 Å². The molecule has 0 atom stereocenters. The molecule has 1 fully saturated rings. The molecule has 0 unspecified atom stereocenters. The van der Waals surface area contributed by atoms with Crippen LogP contribution in [0.1, 0.15) is 23.2 Å². The molecule has 1 aliphatic rings. The van der Waals surface area contributed by atoms with E-state index in [0.29, 0.717) is 17.1 Å². The first-order valence-electron chi connectivity index (χ1n) is 9.26. The Labute approximate surface area is 167 Å². The zero-order valence-corrected chi connectivity index (χ0v) is 16.0. The first-order chi connectivity index (χ1) is 14.0. The van der Waals surface area contributed by atoms with E-state index in [2.05, 4.69) is 10.6 Å². The van der Waals surface area contributed by atoms with Crippen LogP contribution in [0.15, 0.2) is 42.5 Å². The summed E-state index contributed by atoms with van der Waals surface area (Å²) in [6.45, 7) is 1.41. The molecule has 9 heteroatoms. The Bertz CT molecular complexity index is 925. The molecule has 9 nitrogen and oxygen atoms in total. The van der Waals surface area contributed by atoms with Crippen molar-refractivity contribution < 1.29 is 19.2 Å². The second kappa shape index (κ2) is 9.05. The van der Waals surface area contributed by atoms with Crippen LogP contribution in [-0.4, -0.2) is 43.5 Å². The maximum atomic E-state index is 12.6. The van der Waals surface area contributed by atoms with Crippen molar-refractivity contribution >= 4 is 28.9 Å². The van der Waals surface area contributed by atoms with Crippen molar-refractivity contribution in [1.82, 2.24) is 5.32 Å². The summed E-state index contributed by atoms with van der Waals surface area (Å²) in [7, 11) is 1.51. The molecular weight excluding hydrogens is 376 g/mol. The number of carbonyl (C=O) groups is 2. The lowest BCUT2D eigenvalue weighted by Gasteiger charge is -2.17. The average Bonchev–Trinajstić information content (AvgIpc) is 3.26. The topological polar surface area (TPSA) is 114 Å². The summed E-state index contributed by atoms with van der Waals surface area (Å²) in [6, 6.07) is 11.1. The third kappa shape index (κ3) is 5.01. The Morgan fingerprint density at radius 2 is 1.93 bits per heavy atom. The lowest BCUT2D eigenvalue weighted by molar-refractivity contribution is -0.384. The predicted molar refractivity (Wildman–Crippen MR) is 109 cm³/mol. The van der Waals surface area contributed by atoms with Crippen molar-refractivity contribution in [2.75, 3.05) is 37.0 Å². The van der Waals surface area contributed by atoms with Gasteiger partial charge in [-0.2, -0.15) is 0 Å². The number of hydrogen-bond acceptors (Lipinski definition) is 6. The van der Waals surface area contributed by atoms with Crippen LogP contribution < -0.4 is 20.3 Å². The number of anilines is 2. The Morgan fingerprint density at radius 1 is 1.17 bits per heavy atom. The summed E-state index contributed by atoms with van der Waals surface area (Å²) in [6.07, 6.45) is 2.00. The number of hydrogen-bond donors (Lipinski definition) is 2. The highest BCUT2D eigenvalue weighted by Crippen LogP contribution is 2.32. The zero-order chi connectivity index (χ0) is 20.8. The molecule has 2 amide bonds. The van der Waals surface area contributed by atoms with Gasteiger partial charge in [-0.1, -0.05) is 6.07 Å². The molecule has 1 heterocycles. The van der Waals surface area contributed by atoms with E-state index in [1.807, 2.05) is 4.90 Å². The second-order valence-corrected chi connectivity index (χ2v) is 6.60. The Balaban J connectivity index is 1.74. The van der Waals surface area contributed by atoms with Crippen LogP contribution in [0.25, 0.3) is 0 Å². The lowest BCUT2D eigenvalue weighted by atomic mass is 10.1. The molecule has 29 heavy (non-hydrogen) atoms. The molecular formula is C20H22N4O5. The second-order valence-electron chi connectivity index (χ2n) is 6.60. The zero-order valence-electron chi connectivity index (χ0n) is 16.0. The van der Waals surface area contributed by atoms with Gasteiger partial charge in [-0.15, -0.1) is 0 Å². The van der Waals surface area contributed by atoms with E-state index < -0.39 is 10.8 Å². The summed E-state index contributed by atoms with van der Waals surface area (Å²) < 4.78 is 5.35. The van der Waals surface area contributed by atoms with Gasteiger partial charge in [-0.25, -0.2) is 0 Å². The number of nitro benzene ring substituents is 1. The number of nitro groups is 1. The number of carbonyl (C=O) groups excluding carboxylic acids is 2. The minimum Gasteiger partial charge on any atom is -0.484 e. The molecule has 2 aromatic carbocycles. The summed E-state index contributed by atoms with van der Waals surface area (Å²) in [4.78, 5) is 36.9. The molecule has 0 saturated carbocycles. The van der Waals surface area contributed by atoms with E-state index in [9.17, 15) is 19.7 Å². The fraction of sp³-hybridized carbons (Fsp3) is 0.300. The normalized spacial score (nSPS) is 13.1. The highest BCUT2D eigenvalue weighted by molar-refractivity contribution is 6.05. The molecule has 0 aliphatic carbocycles. The van der Waals surface area contributed by atoms with Crippen molar-refractivity contribution in [1.29, 1.82) is 0 Å². The van der Waals surface area contributed by atoms with Gasteiger partial charge in [0.1, 0.15) is 11.4 Å². The molecule has 0 radical (unpaired) electrons. The first kappa shape index (κ1) is 20.1. The fourth-order valence-electron chi connectivity index (χ4n) is 3.12. The first-order valence-corrected chi connectivity index (χ1v) is 9.26. The Morgan fingerprint density at radius 3 is 2.62 bits per heavy atom. The maximum Gasteiger partial charge on any atom is 0.293 e. The molecule has 0 aromatic heterocycles. The lowest BCUT2D eigenvalue weighted by Crippen LogP contribution is -2.24. The van der Waals surface area contributed by atoms with Crippen LogP contribution in [0.5, 0.6) is 5.75 Å². The Hall–Kier alpha value is -3.62. The summed E-state index contributed by atoms with van der Waals surface area (Å²) in [5.41, 5.74) is 1.10. The largest absolute Gasteiger partial charge is 0.484 e. The smallest absolute Gasteiger partial charge is 0.293 e. The minimum atomic E-state index is -0.468. The number of likely N-dealkylation sites (N-methyl/N-ethyl adjacent to an activating group) is 1. The number of benzene rings is 2. The standard InChI is InChI=1S/C20H22N4O5/c1-21-19(25)13-29-16-6-4-5-15(12-16)22-20(26)14-7-8-17(18(11-14)24(27)28)23-9-2-3-10-23/h4-8,11-12H,2-3,9-10,13H2,1H3,(H,21,25)(H,22,26). The van der Waals surface area contributed by atoms with Gasteiger partial charge in [0.2, 0.25) is 0 Å². The summed E-state index contributed by atoms with van der Waals surface area (Å²) in [5.74, 6) is -0.323. The van der Waals surface area contributed by atoms with Gasteiger partial charge in [-0.3, -0.25) is 19.7 Å². The van der Waals surface area contributed by atoms with Crippen LogP contribution in [0.2, 0.25) is 0 Å². The van der Waals surface area contributed by atoms with Gasteiger partial charge in [0.15, 0.2) is 6.61 Å². The third-order valence-corrected chi connectivity index (χ3v) is 4.62. The van der Waals surface area contributed by atoms with Crippen LogP contribution in [0.3, 0.4) is 0 Å². The molecule has 1 aliphatic heterocycles. The third-order valence-electron chi connectivity index (χ3n) is 4.62. The van der Waals surface area contributed by atoms with Gasteiger partial charge >= 0.3 is 0 Å². The molecule has 0 spiro atoms. The number of rotatable bonds is 7. The van der Waals surface area contributed by atoms with Crippen molar-refractivity contribution in [3.05, 3.63) is 58.1 Å². The van der Waals surface area contributed by atoms with Crippen molar-refractivity contribution in [3.8, 4) is 5.75 Å². The van der Waals surface area contributed by atoms with Gasteiger partial charge in [0, 0.05) is 43.5 Å². The van der Waals surface area contributed by atoms with Crippen LogP contribution in [-0.2, 0) is 4.79 Å². The minimum absolute atomic E-state index is 0.0813. The number of amides is 2. The molecule has 1 saturated heterocycles. The van der Waals surface area contributed by atoms with Gasteiger partial charge in [-0.05, 0) is 37.1 Å². The van der Waals surface area contributed by atoms with E-state index in [1.54, 1.807) is 36.4 Å². The van der Waals surface area contributed by atoms with Crippen molar-refractivity contribution in [3.63, 3.8) is 0 Å². The number of nitrogens with one attached hydrogen (secondary N) is 2. The highest BCUT2D eigenvalue weighted by atomic mass is 16.6. The molecule has 2 N–H and O–H groups in total. The van der Waals surface area contributed by atoms with Crippen LogP contribution in [0, 0.1) is 10.1 Å². The van der Waals surface area contributed by atoms with Gasteiger partial charge in [0.25, 0.3) is 17.5 Å². The van der Waals surface area contributed by atoms with E-state index >= 15 is 0 Å².